The molecule has 5 aromatic rings. The molecule has 10 rings (SSSR count). The number of anilines is 4. The van der Waals surface area contributed by atoms with Crippen LogP contribution < -0.4 is 40.5 Å². The second-order valence-corrected chi connectivity index (χ2v) is 20.4. The molecule has 384 valence electrons. The average molecular weight is 984 g/mol. The second-order valence-electron chi connectivity index (χ2n) is 20.4. The molecule has 0 spiro atoms. The number of benzene rings is 3. The normalized spacial score (nSPS) is 23.9. The van der Waals surface area contributed by atoms with Crippen LogP contribution in [0, 0.1) is 25.7 Å². The molecule has 2 aromatic heterocycles. The number of nitrogens with zero attached hydrogens (tertiary/aromatic N) is 7. The van der Waals surface area contributed by atoms with E-state index in [1.807, 2.05) is 62.6 Å². The molecule has 72 heavy (non-hydrogen) atoms. The van der Waals surface area contributed by atoms with E-state index in [9.17, 15) is 10.2 Å². The molecule has 0 saturated carbocycles. The molecule has 0 aliphatic carbocycles. The van der Waals surface area contributed by atoms with Crippen LogP contribution in [0.25, 0.3) is 22.8 Å². The van der Waals surface area contributed by atoms with Crippen molar-refractivity contribution in [2.24, 2.45) is 11.8 Å². The quantitative estimate of drug-likeness (QED) is 0.0567. The molecule has 17 nitrogen and oxygen atoms in total. The van der Waals surface area contributed by atoms with Crippen molar-refractivity contribution in [3.8, 4) is 34.3 Å². The number of fused-ring (bicyclic) bond motifs is 1. The summed E-state index contributed by atoms with van der Waals surface area (Å²) in [5, 5.41) is 34.5. The number of aromatic nitrogens is 4. The van der Waals surface area contributed by atoms with Crippen LogP contribution in [-0.4, -0.2) is 164 Å². The van der Waals surface area contributed by atoms with E-state index < -0.39 is 12.2 Å². The van der Waals surface area contributed by atoms with Crippen molar-refractivity contribution in [3.63, 3.8) is 0 Å². The van der Waals surface area contributed by atoms with Gasteiger partial charge in [-0.1, -0.05) is 54.6 Å². The van der Waals surface area contributed by atoms with Gasteiger partial charge < -0.3 is 60.2 Å². The molecule has 6 N–H and O–H groups in total. The van der Waals surface area contributed by atoms with Crippen molar-refractivity contribution in [2.75, 3.05) is 113 Å². The van der Waals surface area contributed by atoms with Crippen LogP contribution in [0.3, 0.4) is 0 Å². The number of aliphatic hydroxyl groups is 2. The SMILES string of the molecule is CNCC(O)COc1cccc(-c2nc(N[C@@H]3CCOC3C3C[C@H]4CN(Cc5ccccc5)C[C@H]4N(c4nc(-c5cccc(OCC(O)CNC)c5)nc(N[C@@H]5CCOC5)c4C)C3)c(C)c(N3CCC3)n2)c1. The molecule has 0 radical (unpaired) electrons. The van der Waals surface area contributed by atoms with Gasteiger partial charge in [-0.3, -0.25) is 4.90 Å². The number of rotatable bonds is 21. The summed E-state index contributed by atoms with van der Waals surface area (Å²) in [5.41, 5.74) is 5.06. The number of aliphatic hydroxyl groups excluding tert-OH is 2. The minimum absolute atomic E-state index is 0.0141. The lowest BCUT2D eigenvalue weighted by Gasteiger charge is -2.45. The second kappa shape index (κ2) is 23.0. The van der Waals surface area contributed by atoms with Crippen LogP contribution in [0.4, 0.5) is 23.3 Å². The molecule has 5 fully saturated rings. The fourth-order valence-electron chi connectivity index (χ4n) is 11.2. The average Bonchev–Trinajstić information content (AvgIpc) is 4.17. The summed E-state index contributed by atoms with van der Waals surface area (Å²) in [4.78, 5) is 28.7. The predicted molar refractivity (Wildman–Crippen MR) is 281 cm³/mol. The summed E-state index contributed by atoms with van der Waals surface area (Å²) in [7, 11) is 3.63. The summed E-state index contributed by atoms with van der Waals surface area (Å²) in [6.45, 7) is 13.0. The van der Waals surface area contributed by atoms with Crippen molar-refractivity contribution in [2.45, 2.75) is 82.5 Å². The third-order valence-corrected chi connectivity index (χ3v) is 15.0. The first-order valence-corrected chi connectivity index (χ1v) is 26.1. The highest BCUT2D eigenvalue weighted by atomic mass is 16.5. The number of likely N-dealkylation sites (N-methyl/N-ethyl adjacent to an activating group) is 2. The maximum absolute atomic E-state index is 10.4. The Kier molecular flexibility index (Phi) is 16.0. The maximum Gasteiger partial charge on any atom is 0.164 e. The molecule has 5 aliphatic rings. The Bertz CT molecular complexity index is 2580. The van der Waals surface area contributed by atoms with Crippen LogP contribution in [0.5, 0.6) is 11.5 Å². The number of ether oxygens (including phenoxy) is 4. The van der Waals surface area contributed by atoms with E-state index in [-0.39, 0.29) is 43.4 Å². The summed E-state index contributed by atoms with van der Waals surface area (Å²) in [6, 6.07) is 26.9. The fourth-order valence-corrected chi connectivity index (χ4v) is 11.2. The zero-order valence-corrected chi connectivity index (χ0v) is 42.3. The largest absolute Gasteiger partial charge is 0.491 e. The molecule has 0 amide bonds. The van der Waals surface area contributed by atoms with Gasteiger partial charge in [0.1, 0.15) is 60.2 Å². The van der Waals surface area contributed by atoms with E-state index in [0.717, 1.165) is 110 Å². The van der Waals surface area contributed by atoms with Crippen molar-refractivity contribution in [1.29, 1.82) is 0 Å². The summed E-state index contributed by atoms with van der Waals surface area (Å²) in [6.07, 6.45) is 2.57. The molecular weight excluding hydrogens is 911 g/mol. The third-order valence-electron chi connectivity index (χ3n) is 15.0. The van der Waals surface area contributed by atoms with Gasteiger partial charge in [0.05, 0.1) is 24.8 Å². The molecule has 5 saturated heterocycles. The van der Waals surface area contributed by atoms with Gasteiger partial charge in [0.15, 0.2) is 11.6 Å². The lowest BCUT2D eigenvalue weighted by Crippen LogP contribution is -2.54. The minimum Gasteiger partial charge on any atom is -0.491 e. The van der Waals surface area contributed by atoms with Crippen LogP contribution >= 0.6 is 0 Å². The Morgan fingerprint density at radius 3 is 1.99 bits per heavy atom. The first-order chi connectivity index (χ1) is 35.2. The smallest absolute Gasteiger partial charge is 0.164 e. The van der Waals surface area contributed by atoms with Crippen LogP contribution in [0.15, 0.2) is 78.9 Å². The fraction of sp³-hybridized carbons (Fsp3) is 0.527. The zero-order valence-electron chi connectivity index (χ0n) is 42.3. The van der Waals surface area contributed by atoms with E-state index in [1.54, 1.807) is 0 Å². The monoisotopic (exact) mass is 984 g/mol. The van der Waals surface area contributed by atoms with Crippen LogP contribution in [0.1, 0.15) is 42.4 Å². The number of nitrogens with one attached hydrogen (secondary N) is 4. The highest BCUT2D eigenvalue weighted by Gasteiger charge is 2.48. The predicted octanol–water partition coefficient (Wildman–Crippen LogP) is 5.14. The molecule has 17 heteroatoms. The molecule has 4 unspecified atom stereocenters. The van der Waals surface area contributed by atoms with E-state index >= 15 is 0 Å². The molecule has 7 heterocycles. The number of piperidine rings is 1. The number of hydrogen-bond acceptors (Lipinski definition) is 17. The highest BCUT2D eigenvalue weighted by molar-refractivity contribution is 5.69. The Morgan fingerprint density at radius 2 is 1.36 bits per heavy atom. The Morgan fingerprint density at radius 1 is 0.708 bits per heavy atom. The first-order valence-electron chi connectivity index (χ1n) is 26.1. The third kappa shape index (κ3) is 11.6. The Balaban J connectivity index is 0.973. The first kappa shape index (κ1) is 49.9. The molecule has 3 aromatic carbocycles. The summed E-state index contributed by atoms with van der Waals surface area (Å²) >= 11 is 0. The standard InChI is InChI=1S/C55H73N11O6/c1-35-51(61-52(62-54(35)65-19-10-20-65)38-13-8-15-45(24-38)71-33-43(67)26-56-3)59-47-18-22-70-49(47)41-23-40-29-64(28-37-11-6-5-7-12-37)31-48(40)66(30-41)55-36(2)50(58-42-17-21-69-32-42)60-53(63-55)39-14-9-16-46(25-39)72-34-44(68)27-57-4/h5-9,11-16,24-25,40-44,47-49,56-57,67-68H,10,17-23,26-34H2,1-4H3,(H,58,60,63)(H,59,61,62)/t40-,41?,42+,43?,44?,47+,48+,49?/m0/s1. The topological polar surface area (TPSA) is 187 Å². The van der Waals surface area contributed by atoms with E-state index in [4.69, 9.17) is 38.9 Å². The zero-order chi connectivity index (χ0) is 49.6. The number of likely N-dealkylation sites (tertiary alicyclic amines) is 1. The molecule has 0 bridgehead atoms. The number of hydrogen-bond donors (Lipinski definition) is 6. The van der Waals surface area contributed by atoms with Crippen molar-refractivity contribution >= 4 is 23.3 Å². The lowest BCUT2D eigenvalue weighted by molar-refractivity contribution is 0.0418. The van der Waals surface area contributed by atoms with Crippen LogP contribution in [0.2, 0.25) is 0 Å². The van der Waals surface area contributed by atoms with Gasteiger partial charge in [0, 0.05) is 99.8 Å². The van der Waals surface area contributed by atoms with E-state index in [0.29, 0.717) is 62.0 Å². The van der Waals surface area contributed by atoms with Gasteiger partial charge in [0.2, 0.25) is 0 Å². The molecule has 8 atom stereocenters. The Labute approximate surface area is 424 Å². The van der Waals surface area contributed by atoms with Crippen molar-refractivity contribution in [3.05, 3.63) is 95.6 Å². The lowest BCUT2D eigenvalue weighted by atomic mass is 9.80. The van der Waals surface area contributed by atoms with Gasteiger partial charge >= 0.3 is 0 Å². The molecule has 5 aliphatic heterocycles. The van der Waals surface area contributed by atoms with Crippen molar-refractivity contribution in [1.82, 2.24) is 35.5 Å². The minimum atomic E-state index is -0.638. The Hall–Kier alpha value is -5.66. The van der Waals surface area contributed by atoms with Crippen LogP contribution in [-0.2, 0) is 16.0 Å². The van der Waals surface area contributed by atoms with Gasteiger partial charge in [-0.05, 0) is 89.4 Å². The van der Waals surface area contributed by atoms with Gasteiger partial charge in [-0.25, -0.2) is 19.9 Å². The maximum atomic E-state index is 10.4. The summed E-state index contributed by atoms with van der Waals surface area (Å²) in [5.74, 6) is 6.62. The van der Waals surface area contributed by atoms with Crippen molar-refractivity contribution < 1.29 is 29.2 Å². The summed E-state index contributed by atoms with van der Waals surface area (Å²) < 4.78 is 24.8. The van der Waals surface area contributed by atoms with E-state index in [2.05, 4.69) is 80.1 Å². The van der Waals surface area contributed by atoms with Gasteiger partial charge in [-0.15, -0.1) is 0 Å². The van der Waals surface area contributed by atoms with E-state index in [1.165, 1.54) is 5.56 Å². The van der Waals surface area contributed by atoms with Gasteiger partial charge in [0.25, 0.3) is 0 Å². The van der Waals surface area contributed by atoms with Gasteiger partial charge in [-0.2, -0.15) is 0 Å². The molecular formula is C55H73N11O6. The highest BCUT2D eigenvalue weighted by Crippen LogP contribution is 2.43.